The molecule has 1 atom stereocenters. The van der Waals surface area contributed by atoms with Crippen molar-refractivity contribution in [1.82, 2.24) is 19.8 Å². The molecule has 0 saturated carbocycles. The molecule has 4 aromatic rings. The van der Waals surface area contributed by atoms with Crippen molar-refractivity contribution in [2.45, 2.75) is 26.8 Å². The van der Waals surface area contributed by atoms with Gasteiger partial charge in [-0.05, 0) is 43.2 Å². The van der Waals surface area contributed by atoms with Gasteiger partial charge in [-0.15, -0.1) is 11.3 Å². The monoisotopic (exact) mass is 446 g/mol. The summed E-state index contributed by atoms with van der Waals surface area (Å²) in [5, 5.41) is 2.77. The Morgan fingerprint density at radius 1 is 1.06 bits per heavy atom. The lowest BCUT2D eigenvalue weighted by molar-refractivity contribution is 0.0577. The normalized spacial score (nSPS) is 16.0. The van der Waals surface area contributed by atoms with Gasteiger partial charge >= 0.3 is 0 Å². The molecular formula is C25H26N4O2S. The number of aromatic amines is 1. The number of H-pyrrole nitrogens is 1. The molecule has 1 aliphatic rings. The molecule has 0 aliphatic carbocycles. The van der Waals surface area contributed by atoms with Gasteiger partial charge in [0, 0.05) is 36.6 Å². The van der Waals surface area contributed by atoms with Gasteiger partial charge in [0.05, 0.1) is 11.4 Å². The number of carbonyl (C=O) groups is 1. The standard InChI is InChI=1S/C25H26N4O2S/c1-15-17(3)32-24-21(15)23(30)26-22(27-24)16(2)28-11-13-29(14-12-28)25(31)20-10-6-8-18-7-4-5-9-19(18)20/h4-10,16H,11-14H2,1-3H3,(H,26,27,30)/t16-/m1/s1. The van der Waals surface area contributed by atoms with Crippen LogP contribution in [0.25, 0.3) is 21.0 Å². The molecule has 0 bridgehead atoms. The fourth-order valence-corrected chi connectivity index (χ4v) is 5.57. The molecule has 0 spiro atoms. The largest absolute Gasteiger partial charge is 0.336 e. The average Bonchev–Trinajstić information content (AvgIpc) is 3.11. The third-order valence-corrected chi connectivity index (χ3v) is 7.72. The highest BCUT2D eigenvalue weighted by Gasteiger charge is 2.27. The Balaban J connectivity index is 1.33. The van der Waals surface area contributed by atoms with Crippen molar-refractivity contribution in [2.75, 3.05) is 26.2 Å². The van der Waals surface area contributed by atoms with E-state index in [-0.39, 0.29) is 17.5 Å². The van der Waals surface area contributed by atoms with Crippen molar-refractivity contribution in [3.05, 3.63) is 74.6 Å². The molecule has 1 saturated heterocycles. The van der Waals surface area contributed by atoms with E-state index >= 15 is 0 Å². The van der Waals surface area contributed by atoms with Crippen LogP contribution in [0.5, 0.6) is 0 Å². The highest BCUT2D eigenvalue weighted by molar-refractivity contribution is 7.18. The van der Waals surface area contributed by atoms with E-state index in [1.165, 1.54) is 0 Å². The number of hydrogen-bond donors (Lipinski definition) is 1. The van der Waals surface area contributed by atoms with Crippen LogP contribution in [0.4, 0.5) is 0 Å². The van der Waals surface area contributed by atoms with Gasteiger partial charge in [-0.2, -0.15) is 0 Å². The number of carbonyl (C=O) groups excluding carboxylic acids is 1. The highest BCUT2D eigenvalue weighted by atomic mass is 32.1. The first-order chi connectivity index (χ1) is 15.4. The first kappa shape index (κ1) is 20.8. The third kappa shape index (κ3) is 3.51. The van der Waals surface area contributed by atoms with Crippen molar-refractivity contribution in [3.8, 4) is 0 Å². The molecule has 164 valence electrons. The fourth-order valence-electron chi connectivity index (χ4n) is 4.54. The number of rotatable bonds is 3. The Morgan fingerprint density at radius 2 is 1.78 bits per heavy atom. The molecule has 1 N–H and O–H groups in total. The van der Waals surface area contributed by atoms with Gasteiger partial charge in [-0.25, -0.2) is 4.98 Å². The molecule has 32 heavy (non-hydrogen) atoms. The van der Waals surface area contributed by atoms with Gasteiger partial charge in [0.2, 0.25) is 0 Å². The van der Waals surface area contributed by atoms with Crippen LogP contribution >= 0.6 is 11.3 Å². The van der Waals surface area contributed by atoms with Crippen LogP contribution < -0.4 is 5.56 Å². The summed E-state index contributed by atoms with van der Waals surface area (Å²) >= 11 is 1.57. The Kier molecular flexibility index (Phi) is 5.31. The molecule has 2 aromatic carbocycles. The first-order valence-electron chi connectivity index (χ1n) is 10.9. The van der Waals surface area contributed by atoms with Crippen molar-refractivity contribution in [2.24, 2.45) is 0 Å². The third-order valence-electron chi connectivity index (χ3n) is 6.62. The molecule has 5 rings (SSSR count). The lowest BCUT2D eigenvalue weighted by Crippen LogP contribution is -2.49. The summed E-state index contributed by atoms with van der Waals surface area (Å²) in [4.78, 5) is 39.8. The Labute approximate surface area is 190 Å². The first-order valence-corrected chi connectivity index (χ1v) is 11.8. The van der Waals surface area contributed by atoms with Crippen LogP contribution in [0, 0.1) is 13.8 Å². The Bertz CT molecular complexity index is 1380. The number of benzene rings is 2. The van der Waals surface area contributed by atoms with Crippen LogP contribution in [0.15, 0.2) is 47.3 Å². The van der Waals surface area contributed by atoms with Crippen molar-refractivity contribution in [1.29, 1.82) is 0 Å². The van der Waals surface area contributed by atoms with Gasteiger partial charge in [0.15, 0.2) is 0 Å². The van der Waals surface area contributed by atoms with E-state index in [0.717, 1.165) is 44.7 Å². The molecular weight excluding hydrogens is 420 g/mol. The van der Waals surface area contributed by atoms with E-state index in [1.54, 1.807) is 11.3 Å². The Hall–Kier alpha value is -3.03. The maximum atomic E-state index is 13.2. The van der Waals surface area contributed by atoms with E-state index in [4.69, 9.17) is 4.98 Å². The SMILES string of the molecule is Cc1sc2nc([C@@H](C)N3CCN(C(=O)c4cccc5ccccc45)CC3)[nH]c(=O)c2c1C. The van der Waals surface area contributed by atoms with Crippen molar-refractivity contribution < 1.29 is 4.79 Å². The van der Waals surface area contributed by atoms with E-state index in [9.17, 15) is 9.59 Å². The van der Waals surface area contributed by atoms with Gasteiger partial charge in [-0.3, -0.25) is 14.5 Å². The summed E-state index contributed by atoms with van der Waals surface area (Å²) in [5.41, 5.74) is 1.70. The molecule has 1 amide bonds. The second-order valence-corrected chi connectivity index (χ2v) is 9.65. The van der Waals surface area contributed by atoms with Crippen LogP contribution in [0.1, 0.15) is 39.6 Å². The molecule has 2 aromatic heterocycles. The van der Waals surface area contributed by atoms with Gasteiger partial charge < -0.3 is 9.88 Å². The number of piperazine rings is 1. The molecule has 3 heterocycles. The van der Waals surface area contributed by atoms with Crippen molar-refractivity contribution >= 4 is 38.2 Å². The summed E-state index contributed by atoms with van der Waals surface area (Å²) < 4.78 is 0. The maximum absolute atomic E-state index is 13.2. The van der Waals surface area contributed by atoms with Gasteiger partial charge in [-0.1, -0.05) is 36.4 Å². The van der Waals surface area contributed by atoms with Crippen LogP contribution in [-0.2, 0) is 0 Å². The second-order valence-electron chi connectivity index (χ2n) is 8.45. The highest BCUT2D eigenvalue weighted by Crippen LogP contribution is 2.28. The minimum atomic E-state index is -0.0662. The molecule has 0 radical (unpaired) electrons. The topological polar surface area (TPSA) is 69.3 Å². The zero-order chi connectivity index (χ0) is 22.4. The van der Waals surface area contributed by atoms with E-state index in [1.807, 2.05) is 61.2 Å². The van der Waals surface area contributed by atoms with Gasteiger partial charge in [0.25, 0.3) is 11.5 Å². The smallest absolute Gasteiger partial charge is 0.259 e. The quantitative estimate of drug-likeness (QED) is 0.510. The van der Waals surface area contributed by atoms with Crippen molar-refractivity contribution in [3.63, 3.8) is 0 Å². The van der Waals surface area contributed by atoms with Crippen LogP contribution in [0.2, 0.25) is 0 Å². The van der Waals surface area contributed by atoms with E-state index in [0.29, 0.717) is 24.3 Å². The Morgan fingerprint density at radius 3 is 2.56 bits per heavy atom. The van der Waals surface area contributed by atoms with Crippen LogP contribution in [0.3, 0.4) is 0 Å². The number of nitrogens with one attached hydrogen (secondary N) is 1. The molecule has 6 nitrogen and oxygen atoms in total. The minimum absolute atomic E-state index is 0.0235. The number of aryl methyl sites for hydroxylation is 2. The summed E-state index contributed by atoms with van der Waals surface area (Å²) in [6.45, 7) is 8.84. The predicted octanol–water partition coefficient (Wildman–Crippen LogP) is 4.27. The van der Waals surface area contributed by atoms with E-state index < -0.39 is 0 Å². The van der Waals surface area contributed by atoms with Crippen LogP contribution in [-0.4, -0.2) is 51.9 Å². The fraction of sp³-hybridized carbons (Fsp3) is 0.320. The zero-order valence-corrected chi connectivity index (χ0v) is 19.3. The number of thiophene rings is 1. The number of aromatic nitrogens is 2. The molecule has 1 aliphatic heterocycles. The average molecular weight is 447 g/mol. The summed E-state index contributed by atoms with van der Waals surface area (Å²) in [7, 11) is 0. The van der Waals surface area contributed by atoms with E-state index in [2.05, 4.69) is 16.8 Å². The lowest BCUT2D eigenvalue weighted by atomic mass is 10.0. The molecule has 0 unspecified atom stereocenters. The zero-order valence-electron chi connectivity index (χ0n) is 18.5. The number of fused-ring (bicyclic) bond motifs is 2. The molecule has 1 fully saturated rings. The van der Waals surface area contributed by atoms with Gasteiger partial charge in [0.1, 0.15) is 10.7 Å². The lowest BCUT2D eigenvalue weighted by Gasteiger charge is -2.37. The summed E-state index contributed by atoms with van der Waals surface area (Å²) in [5.74, 6) is 0.768. The second kappa shape index (κ2) is 8.15. The minimum Gasteiger partial charge on any atom is -0.336 e. The summed E-state index contributed by atoms with van der Waals surface area (Å²) in [6.07, 6.45) is 0. The predicted molar refractivity (Wildman–Crippen MR) is 130 cm³/mol. The maximum Gasteiger partial charge on any atom is 0.259 e. The number of nitrogens with zero attached hydrogens (tertiary/aromatic N) is 3. The number of amides is 1. The number of hydrogen-bond acceptors (Lipinski definition) is 5. The molecule has 7 heteroatoms. The summed E-state index contributed by atoms with van der Waals surface area (Å²) in [6, 6.07) is 13.9.